The Morgan fingerprint density at radius 3 is 2.44 bits per heavy atom. The van der Waals surface area contributed by atoms with E-state index >= 15 is 0 Å². The minimum absolute atomic E-state index is 0.149. The predicted molar refractivity (Wildman–Crippen MR) is 90.8 cm³/mol. The molecule has 6 heteroatoms. The first-order chi connectivity index (χ1) is 12.0. The average Bonchev–Trinajstić information content (AvgIpc) is 3.25. The van der Waals surface area contributed by atoms with Crippen LogP contribution in [0.15, 0.2) is 30.4 Å². The van der Waals surface area contributed by atoms with Gasteiger partial charge in [-0.3, -0.25) is 19.3 Å². The largest absolute Gasteiger partial charge is 0.495 e. The summed E-state index contributed by atoms with van der Waals surface area (Å²) in [6.45, 7) is 1.66. The molecule has 4 atom stereocenters. The zero-order chi connectivity index (χ0) is 17.7. The minimum atomic E-state index is -0.397. The Balaban J connectivity index is 1.48. The summed E-state index contributed by atoms with van der Waals surface area (Å²) < 4.78 is 5.24. The van der Waals surface area contributed by atoms with E-state index in [1.807, 2.05) is 25.1 Å². The molecule has 1 saturated heterocycles. The van der Waals surface area contributed by atoms with Gasteiger partial charge in [0.15, 0.2) is 0 Å². The summed E-state index contributed by atoms with van der Waals surface area (Å²) in [4.78, 5) is 38.8. The first-order valence-corrected chi connectivity index (χ1v) is 8.47. The van der Waals surface area contributed by atoms with E-state index < -0.39 is 5.91 Å². The minimum Gasteiger partial charge on any atom is -0.495 e. The topological polar surface area (TPSA) is 75.7 Å². The van der Waals surface area contributed by atoms with Crippen molar-refractivity contribution in [2.24, 2.45) is 23.7 Å². The monoisotopic (exact) mass is 340 g/mol. The van der Waals surface area contributed by atoms with Gasteiger partial charge in [-0.2, -0.15) is 0 Å². The number of rotatable bonds is 4. The van der Waals surface area contributed by atoms with Crippen LogP contribution in [0.2, 0.25) is 0 Å². The molecule has 2 bridgehead atoms. The molecule has 3 aliphatic rings. The van der Waals surface area contributed by atoms with Gasteiger partial charge in [0.05, 0.1) is 24.6 Å². The number of aryl methyl sites for hydroxylation is 1. The summed E-state index contributed by atoms with van der Waals surface area (Å²) in [6, 6.07) is 5.44. The number of hydrogen-bond acceptors (Lipinski definition) is 4. The van der Waals surface area contributed by atoms with Gasteiger partial charge in [-0.15, -0.1) is 0 Å². The highest BCUT2D eigenvalue weighted by atomic mass is 16.5. The molecule has 4 unspecified atom stereocenters. The smallest absolute Gasteiger partial charge is 0.244 e. The van der Waals surface area contributed by atoms with E-state index in [1.54, 1.807) is 12.1 Å². The summed E-state index contributed by atoms with van der Waals surface area (Å²) in [5.41, 5.74) is 1.51. The van der Waals surface area contributed by atoms with Crippen LogP contribution in [0.1, 0.15) is 12.0 Å². The maximum atomic E-state index is 12.6. The van der Waals surface area contributed by atoms with Crippen molar-refractivity contribution in [3.05, 3.63) is 35.9 Å². The number of nitrogens with zero attached hydrogens (tertiary/aromatic N) is 1. The first kappa shape index (κ1) is 15.9. The second-order valence-corrected chi connectivity index (χ2v) is 7.01. The van der Waals surface area contributed by atoms with Gasteiger partial charge < -0.3 is 10.1 Å². The van der Waals surface area contributed by atoms with E-state index in [0.29, 0.717) is 11.4 Å². The predicted octanol–water partition coefficient (Wildman–Crippen LogP) is 1.75. The number of imide groups is 1. The van der Waals surface area contributed by atoms with Gasteiger partial charge >= 0.3 is 0 Å². The van der Waals surface area contributed by atoms with Crippen molar-refractivity contribution in [1.82, 2.24) is 4.90 Å². The second-order valence-electron chi connectivity index (χ2n) is 7.01. The number of benzene rings is 1. The van der Waals surface area contributed by atoms with E-state index in [4.69, 9.17) is 4.74 Å². The molecule has 1 aromatic rings. The van der Waals surface area contributed by atoms with Gasteiger partial charge in [-0.25, -0.2) is 0 Å². The summed E-state index contributed by atoms with van der Waals surface area (Å²) in [5.74, 6) is -0.528. The quantitative estimate of drug-likeness (QED) is 0.669. The lowest BCUT2D eigenvalue weighted by atomic mass is 9.85. The second kappa shape index (κ2) is 5.72. The summed E-state index contributed by atoms with van der Waals surface area (Å²) >= 11 is 0. The molecule has 4 rings (SSSR count). The van der Waals surface area contributed by atoms with Crippen LogP contribution in [0.3, 0.4) is 0 Å². The summed E-state index contributed by atoms with van der Waals surface area (Å²) in [6.07, 6.45) is 4.96. The Bertz CT molecular complexity index is 771. The van der Waals surface area contributed by atoms with Crippen molar-refractivity contribution < 1.29 is 19.1 Å². The summed E-state index contributed by atoms with van der Waals surface area (Å²) in [7, 11) is 1.53. The third-order valence-electron chi connectivity index (χ3n) is 5.49. The van der Waals surface area contributed by atoms with E-state index in [1.165, 1.54) is 7.11 Å². The fourth-order valence-electron chi connectivity index (χ4n) is 4.37. The molecule has 2 fully saturated rings. The van der Waals surface area contributed by atoms with Crippen LogP contribution in [-0.2, 0) is 14.4 Å². The number of ether oxygens (including phenoxy) is 1. The lowest BCUT2D eigenvalue weighted by molar-refractivity contribution is -0.143. The summed E-state index contributed by atoms with van der Waals surface area (Å²) in [5, 5.41) is 2.75. The molecular formula is C19H20N2O4. The number of nitrogens with one attached hydrogen (secondary N) is 1. The van der Waals surface area contributed by atoms with Crippen LogP contribution in [0.5, 0.6) is 5.75 Å². The van der Waals surface area contributed by atoms with Crippen molar-refractivity contribution in [2.75, 3.05) is 19.0 Å². The van der Waals surface area contributed by atoms with E-state index in [-0.39, 0.29) is 42.0 Å². The highest BCUT2D eigenvalue weighted by Crippen LogP contribution is 2.52. The Labute approximate surface area is 145 Å². The maximum absolute atomic E-state index is 12.6. The van der Waals surface area contributed by atoms with Gasteiger partial charge in [0.1, 0.15) is 12.3 Å². The Morgan fingerprint density at radius 2 is 1.84 bits per heavy atom. The van der Waals surface area contributed by atoms with Crippen molar-refractivity contribution in [2.45, 2.75) is 13.3 Å². The van der Waals surface area contributed by atoms with Gasteiger partial charge in [0.25, 0.3) is 0 Å². The maximum Gasteiger partial charge on any atom is 0.244 e. The standard InChI is InChI=1S/C19H20N2O4/c1-10-3-6-14(25-2)13(7-10)20-15(22)9-21-18(23)16-11-4-5-12(8-11)17(16)19(21)24/h3-7,11-12,16-17H,8-9H2,1-2H3,(H,20,22). The van der Waals surface area contributed by atoms with Crippen molar-refractivity contribution in [3.63, 3.8) is 0 Å². The van der Waals surface area contributed by atoms with Crippen LogP contribution < -0.4 is 10.1 Å². The highest BCUT2D eigenvalue weighted by molar-refractivity contribution is 6.09. The van der Waals surface area contributed by atoms with E-state index in [2.05, 4.69) is 5.32 Å². The molecule has 1 aromatic carbocycles. The molecule has 2 aliphatic carbocycles. The van der Waals surface area contributed by atoms with Crippen LogP contribution >= 0.6 is 0 Å². The van der Waals surface area contributed by atoms with Crippen LogP contribution in [-0.4, -0.2) is 36.3 Å². The molecule has 0 radical (unpaired) electrons. The van der Waals surface area contributed by atoms with Crippen LogP contribution in [0.25, 0.3) is 0 Å². The number of anilines is 1. The van der Waals surface area contributed by atoms with Gasteiger partial charge in [-0.1, -0.05) is 18.2 Å². The number of allylic oxidation sites excluding steroid dienone is 2. The Hall–Kier alpha value is -2.63. The lowest BCUT2D eigenvalue weighted by Crippen LogP contribution is -2.39. The average molecular weight is 340 g/mol. The number of carbonyl (C=O) groups excluding carboxylic acids is 3. The van der Waals surface area contributed by atoms with Crippen LogP contribution in [0.4, 0.5) is 5.69 Å². The Kier molecular flexibility index (Phi) is 3.63. The highest BCUT2D eigenvalue weighted by Gasteiger charge is 2.59. The molecule has 1 aliphatic heterocycles. The molecule has 3 amide bonds. The Morgan fingerprint density at radius 1 is 1.20 bits per heavy atom. The molecule has 130 valence electrons. The number of amides is 3. The van der Waals surface area contributed by atoms with E-state index in [0.717, 1.165) is 16.9 Å². The normalized spacial score (nSPS) is 29.3. The van der Waals surface area contributed by atoms with Crippen molar-refractivity contribution in [3.8, 4) is 5.75 Å². The SMILES string of the molecule is COc1ccc(C)cc1NC(=O)CN1C(=O)C2C3C=CC(C3)C2C1=O. The molecule has 25 heavy (non-hydrogen) atoms. The van der Waals surface area contributed by atoms with Crippen molar-refractivity contribution in [1.29, 1.82) is 0 Å². The van der Waals surface area contributed by atoms with Gasteiger partial charge in [-0.05, 0) is 42.9 Å². The number of hydrogen-bond donors (Lipinski definition) is 1. The molecule has 1 heterocycles. The van der Waals surface area contributed by atoms with E-state index in [9.17, 15) is 14.4 Å². The lowest BCUT2D eigenvalue weighted by Gasteiger charge is -2.17. The number of methoxy groups -OCH3 is 1. The number of likely N-dealkylation sites (tertiary alicyclic amines) is 1. The zero-order valence-electron chi connectivity index (χ0n) is 14.2. The molecule has 1 saturated carbocycles. The molecule has 1 N–H and O–H groups in total. The fraction of sp³-hybridized carbons (Fsp3) is 0.421. The third kappa shape index (κ3) is 2.44. The fourth-order valence-corrected chi connectivity index (χ4v) is 4.37. The molecule has 6 nitrogen and oxygen atoms in total. The first-order valence-electron chi connectivity index (χ1n) is 8.47. The van der Waals surface area contributed by atoms with Crippen molar-refractivity contribution >= 4 is 23.4 Å². The third-order valence-corrected chi connectivity index (χ3v) is 5.49. The number of fused-ring (bicyclic) bond motifs is 5. The molecule has 0 aromatic heterocycles. The van der Waals surface area contributed by atoms with Crippen LogP contribution in [0, 0.1) is 30.6 Å². The molecule has 0 spiro atoms. The molecular weight excluding hydrogens is 320 g/mol. The number of carbonyl (C=O) groups is 3. The van der Waals surface area contributed by atoms with Gasteiger partial charge in [0, 0.05) is 0 Å². The zero-order valence-corrected chi connectivity index (χ0v) is 14.2. The van der Waals surface area contributed by atoms with Gasteiger partial charge in [0.2, 0.25) is 17.7 Å².